The predicted molar refractivity (Wildman–Crippen MR) is 45.3 cm³/mol. The highest BCUT2D eigenvalue weighted by molar-refractivity contribution is 7.20. The SMILES string of the molecule is Clc1sc(Cl)c2c1OCCO2. The minimum Gasteiger partial charge on any atom is -0.484 e. The molecule has 0 aliphatic carbocycles. The molecule has 0 aromatic carbocycles. The van der Waals surface area contributed by atoms with Crippen LogP contribution in [0.25, 0.3) is 0 Å². The highest BCUT2D eigenvalue weighted by atomic mass is 35.5. The maximum Gasteiger partial charge on any atom is 0.192 e. The van der Waals surface area contributed by atoms with Gasteiger partial charge in [-0.1, -0.05) is 23.2 Å². The first-order valence-electron chi connectivity index (χ1n) is 3.02. The zero-order chi connectivity index (χ0) is 7.84. The molecule has 0 unspecified atom stereocenters. The summed E-state index contributed by atoms with van der Waals surface area (Å²) in [7, 11) is 0. The molecule has 0 amide bonds. The van der Waals surface area contributed by atoms with E-state index in [1.165, 1.54) is 11.3 Å². The van der Waals surface area contributed by atoms with Gasteiger partial charge in [-0.05, 0) is 0 Å². The van der Waals surface area contributed by atoms with Gasteiger partial charge in [-0.25, -0.2) is 0 Å². The monoisotopic (exact) mass is 210 g/mol. The van der Waals surface area contributed by atoms with Crippen LogP contribution < -0.4 is 9.47 Å². The Morgan fingerprint density at radius 1 is 1.00 bits per heavy atom. The number of fused-ring (bicyclic) bond motifs is 1. The normalized spacial score (nSPS) is 15.1. The smallest absolute Gasteiger partial charge is 0.192 e. The first-order valence-corrected chi connectivity index (χ1v) is 4.59. The summed E-state index contributed by atoms with van der Waals surface area (Å²) in [5, 5.41) is 0. The molecule has 5 heteroatoms. The van der Waals surface area contributed by atoms with Gasteiger partial charge in [-0.2, -0.15) is 0 Å². The molecule has 1 aliphatic heterocycles. The number of hydrogen-bond donors (Lipinski definition) is 0. The van der Waals surface area contributed by atoms with Crippen LogP contribution in [0, 0.1) is 0 Å². The highest BCUT2D eigenvalue weighted by Gasteiger charge is 2.21. The average molecular weight is 211 g/mol. The quantitative estimate of drug-likeness (QED) is 0.656. The summed E-state index contributed by atoms with van der Waals surface area (Å²) in [6.07, 6.45) is 0. The summed E-state index contributed by atoms with van der Waals surface area (Å²) in [5.74, 6) is 1.18. The van der Waals surface area contributed by atoms with Crippen LogP contribution in [-0.4, -0.2) is 13.2 Å². The van der Waals surface area contributed by atoms with Crippen LogP contribution in [0.15, 0.2) is 0 Å². The third-order valence-electron chi connectivity index (χ3n) is 1.32. The maximum absolute atomic E-state index is 5.79. The van der Waals surface area contributed by atoms with Gasteiger partial charge in [0.25, 0.3) is 0 Å². The Kier molecular flexibility index (Phi) is 1.87. The van der Waals surface area contributed by atoms with Gasteiger partial charge in [0.2, 0.25) is 0 Å². The number of ether oxygens (including phenoxy) is 2. The molecule has 1 aromatic rings. The molecule has 2 heterocycles. The second kappa shape index (κ2) is 2.73. The van der Waals surface area contributed by atoms with Gasteiger partial charge in [-0.3, -0.25) is 0 Å². The van der Waals surface area contributed by atoms with Gasteiger partial charge in [-0.15, -0.1) is 11.3 Å². The first kappa shape index (κ1) is 7.53. The van der Waals surface area contributed by atoms with Crippen molar-refractivity contribution in [1.82, 2.24) is 0 Å². The third kappa shape index (κ3) is 1.17. The van der Waals surface area contributed by atoms with E-state index in [0.717, 1.165) is 0 Å². The van der Waals surface area contributed by atoms with Crippen LogP contribution >= 0.6 is 34.5 Å². The van der Waals surface area contributed by atoms with E-state index in [4.69, 9.17) is 32.7 Å². The Morgan fingerprint density at radius 3 is 1.91 bits per heavy atom. The molecular weight excluding hydrogens is 207 g/mol. The number of halogens is 2. The Labute approximate surface area is 77.6 Å². The fraction of sp³-hybridized carbons (Fsp3) is 0.333. The van der Waals surface area contributed by atoms with Crippen LogP contribution in [0.2, 0.25) is 8.67 Å². The Hall–Kier alpha value is -0.120. The van der Waals surface area contributed by atoms with Crippen molar-refractivity contribution in [3.63, 3.8) is 0 Å². The maximum atomic E-state index is 5.79. The van der Waals surface area contributed by atoms with Crippen LogP contribution in [0.4, 0.5) is 0 Å². The van der Waals surface area contributed by atoms with Gasteiger partial charge in [0, 0.05) is 0 Å². The molecule has 2 rings (SSSR count). The average Bonchev–Trinajstić information content (AvgIpc) is 2.30. The molecule has 1 aliphatic rings. The Bertz CT molecular complexity index is 258. The summed E-state index contributed by atoms with van der Waals surface area (Å²) >= 11 is 12.9. The molecule has 60 valence electrons. The van der Waals surface area contributed by atoms with Crippen molar-refractivity contribution < 1.29 is 9.47 Å². The van der Waals surface area contributed by atoms with Gasteiger partial charge < -0.3 is 9.47 Å². The second-order valence-corrected chi connectivity index (χ2v) is 4.23. The van der Waals surface area contributed by atoms with Gasteiger partial charge in [0.1, 0.15) is 21.9 Å². The summed E-state index contributed by atoms with van der Waals surface area (Å²) in [5.41, 5.74) is 0. The van der Waals surface area contributed by atoms with Crippen molar-refractivity contribution in [2.45, 2.75) is 0 Å². The molecule has 0 radical (unpaired) electrons. The van der Waals surface area contributed by atoms with E-state index in [1.807, 2.05) is 0 Å². The van der Waals surface area contributed by atoms with Crippen molar-refractivity contribution in [1.29, 1.82) is 0 Å². The molecular formula is C6H4Cl2O2S. The predicted octanol–water partition coefficient (Wildman–Crippen LogP) is 2.83. The lowest BCUT2D eigenvalue weighted by Crippen LogP contribution is -2.14. The van der Waals surface area contributed by atoms with Gasteiger partial charge in [0.15, 0.2) is 11.5 Å². The minimum atomic E-state index is 0.541. The molecule has 11 heavy (non-hydrogen) atoms. The topological polar surface area (TPSA) is 18.5 Å². The van der Waals surface area contributed by atoms with Crippen LogP contribution in [0.3, 0.4) is 0 Å². The van der Waals surface area contributed by atoms with Crippen molar-refractivity contribution in [2.75, 3.05) is 13.2 Å². The largest absolute Gasteiger partial charge is 0.484 e. The zero-order valence-corrected chi connectivity index (χ0v) is 7.72. The molecule has 1 aromatic heterocycles. The number of thiophene rings is 1. The van der Waals surface area contributed by atoms with Crippen LogP contribution in [0.1, 0.15) is 0 Å². The summed E-state index contributed by atoms with van der Waals surface area (Å²) < 4.78 is 11.6. The summed E-state index contributed by atoms with van der Waals surface area (Å²) in [6.45, 7) is 1.08. The number of hydrogen-bond acceptors (Lipinski definition) is 3. The van der Waals surface area contributed by atoms with Gasteiger partial charge in [0.05, 0.1) is 0 Å². The van der Waals surface area contributed by atoms with E-state index in [0.29, 0.717) is 33.4 Å². The van der Waals surface area contributed by atoms with E-state index < -0.39 is 0 Å². The van der Waals surface area contributed by atoms with Crippen molar-refractivity contribution >= 4 is 34.5 Å². The fourth-order valence-corrected chi connectivity index (χ4v) is 2.39. The lowest BCUT2D eigenvalue weighted by molar-refractivity contribution is 0.173. The summed E-state index contributed by atoms with van der Waals surface area (Å²) in [6, 6.07) is 0. The molecule has 0 saturated carbocycles. The molecule has 0 bridgehead atoms. The standard InChI is InChI=1S/C6H4Cl2O2S/c7-5-3-4(6(8)11-5)10-2-1-9-3/h1-2H2. The third-order valence-corrected chi connectivity index (χ3v) is 2.85. The van der Waals surface area contributed by atoms with E-state index in [9.17, 15) is 0 Å². The Morgan fingerprint density at radius 2 is 1.45 bits per heavy atom. The second-order valence-electron chi connectivity index (χ2n) is 2.00. The fourth-order valence-electron chi connectivity index (χ4n) is 0.882. The molecule has 0 N–H and O–H groups in total. The van der Waals surface area contributed by atoms with E-state index >= 15 is 0 Å². The lowest BCUT2D eigenvalue weighted by Gasteiger charge is -2.14. The molecule has 0 spiro atoms. The molecule has 0 fully saturated rings. The molecule has 0 atom stereocenters. The summed E-state index contributed by atoms with van der Waals surface area (Å²) in [4.78, 5) is 0. The van der Waals surface area contributed by atoms with Gasteiger partial charge >= 0.3 is 0 Å². The molecule has 0 saturated heterocycles. The molecule has 2 nitrogen and oxygen atoms in total. The minimum absolute atomic E-state index is 0.541. The lowest BCUT2D eigenvalue weighted by atomic mass is 10.5. The number of rotatable bonds is 0. The van der Waals surface area contributed by atoms with E-state index in [2.05, 4.69) is 0 Å². The zero-order valence-electron chi connectivity index (χ0n) is 5.39. The van der Waals surface area contributed by atoms with Crippen LogP contribution in [0.5, 0.6) is 11.5 Å². The van der Waals surface area contributed by atoms with E-state index in [1.54, 1.807) is 0 Å². The van der Waals surface area contributed by atoms with Crippen molar-refractivity contribution in [3.05, 3.63) is 8.67 Å². The highest BCUT2D eigenvalue weighted by Crippen LogP contribution is 2.49. The Balaban J connectivity index is 2.52. The first-order chi connectivity index (χ1) is 5.29. The van der Waals surface area contributed by atoms with Crippen LogP contribution in [-0.2, 0) is 0 Å². The van der Waals surface area contributed by atoms with Crippen molar-refractivity contribution in [2.24, 2.45) is 0 Å². The van der Waals surface area contributed by atoms with E-state index in [-0.39, 0.29) is 0 Å². The van der Waals surface area contributed by atoms with Crippen molar-refractivity contribution in [3.8, 4) is 11.5 Å².